The van der Waals surface area contributed by atoms with E-state index in [1.165, 1.54) is 17.7 Å². The largest absolute Gasteiger partial charge is 0.350 e. The summed E-state index contributed by atoms with van der Waals surface area (Å²) in [7, 11) is 0. The molecule has 0 atom stereocenters. The molecule has 0 amide bonds. The number of imidazole rings is 1. The van der Waals surface area contributed by atoms with Crippen molar-refractivity contribution in [3.63, 3.8) is 0 Å². The number of nitrogens with zero attached hydrogens (tertiary/aromatic N) is 5. The number of rotatable bonds is 9. The average Bonchev–Trinajstić information content (AvgIpc) is 3.20. The van der Waals surface area contributed by atoms with E-state index in [-0.39, 0.29) is 5.82 Å². The molecule has 4 aromatic rings. The molecule has 4 rings (SSSR count). The van der Waals surface area contributed by atoms with Gasteiger partial charge in [0.05, 0.1) is 17.1 Å². The summed E-state index contributed by atoms with van der Waals surface area (Å²) in [5, 5.41) is 3.20. The van der Waals surface area contributed by atoms with Gasteiger partial charge >= 0.3 is 0 Å². The minimum atomic E-state index is -0.279. The lowest BCUT2D eigenvalue weighted by Gasteiger charge is -2.18. The van der Waals surface area contributed by atoms with E-state index < -0.39 is 0 Å². The third-order valence-electron chi connectivity index (χ3n) is 5.56. The highest BCUT2D eigenvalue weighted by Gasteiger charge is 2.18. The summed E-state index contributed by atoms with van der Waals surface area (Å²) in [5.41, 5.74) is 6.16. The molecule has 0 fully saturated rings. The highest BCUT2D eigenvalue weighted by Crippen LogP contribution is 2.32. The maximum Gasteiger partial charge on any atom is 0.223 e. The average molecular weight is 445 g/mol. The van der Waals surface area contributed by atoms with Crippen molar-refractivity contribution in [2.45, 2.75) is 27.3 Å². The molecule has 170 valence electrons. The molecule has 33 heavy (non-hydrogen) atoms. The fourth-order valence-corrected chi connectivity index (χ4v) is 3.75. The first kappa shape index (κ1) is 22.6. The van der Waals surface area contributed by atoms with Gasteiger partial charge in [0, 0.05) is 31.0 Å². The number of fused-ring (bicyclic) bond motifs is 1. The van der Waals surface area contributed by atoms with Crippen LogP contribution < -0.4 is 5.32 Å². The Morgan fingerprint density at radius 2 is 1.85 bits per heavy atom. The van der Waals surface area contributed by atoms with Crippen molar-refractivity contribution in [2.24, 2.45) is 0 Å². The van der Waals surface area contributed by atoms with Crippen LogP contribution in [0.25, 0.3) is 28.3 Å². The van der Waals surface area contributed by atoms with Crippen molar-refractivity contribution in [3.8, 4) is 22.6 Å². The third kappa shape index (κ3) is 5.09. The molecule has 0 unspecified atom stereocenters. The van der Waals surface area contributed by atoms with E-state index in [1.54, 1.807) is 18.3 Å². The van der Waals surface area contributed by atoms with Gasteiger partial charge in [0.1, 0.15) is 11.5 Å². The van der Waals surface area contributed by atoms with Crippen LogP contribution in [0.2, 0.25) is 0 Å². The van der Waals surface area contributed by atoms with Crippen molar-refractivity contribution in [1.82, 2.24) is 24.3 Å². The number of anilines is 1. The molecular weight excluding hydrogens is 415 g/mol. The van der Waals surface area contributed by atoms with Gasteiger partial charge in [0.15, 0.2) is 0 Å². The molecule has 3 heterocycles. The number of halogens is 1. The Morgan fingerprint density at radius 1 is 1.09 bits per heavy atom. The van der Waals surface area contributed by atoms with Crippen LogP contribution in [0.15, 0.2) is 67.0 Å². The van der Waals surface area contributed by atoms with E-state index in [1.807, 2.05) is 23.6 Å². The fraction of sp³-hybridized carbons (Fsp3) is 0.269. The Morgan fingerprint density at radius 3 is 2.55 bits per heavy atom. The van der Waals surface area contributed by atoms with Crippen molar-refractivity contribution < 1.29 is 4.39 Å². The van der Waals surface area contributed by atoms with Crippen LogP contribution in [-0.2, 0) is 6.54 Å². The molecule has 0 radical (unpaired) electrons. The molecule has 0 aliphatic heterocycles. The summed E-state index contributed by atoms with van der Waals surface area (Å²) < 4.78 is 15.6. The quantitative estimate of drug-likeness (QED) is 0.349. The molecule has 3 aromatic heterocycles. The van der Waals surface area contributed by atoms with E-state index >= 15 is 0 Å². The van der Waals surface area contributed by atoms with Crippen LogP contribution in [0.4, 0.5) is 10.3 Å². The Hall–Kier alpha value is -3.58. The van der Waals surface area contributed by atoms with E-state index in [4.69, 9.17) is 9.97 Å². The lowest BCUT2D eigenvalue weighted by molar-refractivity contribution is 0.296. The number of hydrogen-bond acceptors (Lipinski definition) is 5. The molecule has 7 heteroatoms. The van der Waals surface area contributed by atoms with Crippen LogP contribution in [0, 0.1) is 5.82 Å². The number of nitrogens with one attached hydrogen (secondary N) is 1. The monoisotopic (exact) mass is 444 g/mol. The maximum absolute atomic E-state index is 13.6. The number of benzene rings is 1. The lowest BCUT2D eigenvalue weighted by atomic mass is 10.1. The van der Waals surface area contributed by atoms with E-state index in [2.05, 4.69) is 47.8 Å². The van der Waals surface area contributed by atoms with Gasteiger partial charge in [-0.15, -0.1) is 0 Å². The molecule has 1 aromatic carbocycles. The minimum Gasteiger partial charge on any atom is -0.350 e. The summed E-state index contributed by atoms with van der Waals surface area (Å²) in [6, 6.07) is 12.5. The Labute approximate surface area is 193 Å². The summed E-state index contributed by atoms with van der Waals surface area (Å²) in [4.78, 5) is 16.4. The van der Waals surface area contributed by atoms with Gasteiger partial charge in [-0.05, 0) is 68.0 Å². The fourth-order valence-electron chi connectivity index (χ4n) is 3.75. The van der Waals surface area contributed by atoms with E-state index in [0.717, 1.165) is 53.5 Å². The number of hydrogen-bond donors (Lipinski definition) is 1. The standard InChI is InChI=1S/C26H29FN6/c1-5-32(6-2)17-19-12-14-33-23(15-19)31-24(20-7-9-21(27)10-8-20)25(33)22-11-13-28-26(30-22)29-16-18(3)4/h7-15H,3,5-6,16-17H2,1-2,4H3,(H,28,29,30). The first-order valence-electron chi connectivity index (χ1n) is 11.2. The molecular formula is C26H29FN6. The second-order valence-corrected chi connectivity index (χ2v) is 8.12. The van der Waals surface area contributed by atoms with Gasteiger partial charge in [-0.25, -0.2) is 19.3 Å². The van der Waals surface area contributed by atoms with Crippen LogP contribution in [0.3, 0.4) is 0 Å². The highest BCUT2D eigenvalue weighted by molar-refractivity contribution is 5.80. The van der Waals surface area contributed by atoms with E-state index in [0.29, 0.717) is 12.5 Å². The van der Waals surface area contributed by atoms with Gasteiger partial charge < -0.3 is 5.32 Å². The van der Waals surface area contributed by atoms with Crippen molar-refractivity contribution in [3.05, 3.63) is 78.4 Å². The smallest absolute Gasteiger partial charge is 0.223 e. The van der Waals surface area contributed by atoms with Gasteiger partial charge in [0.25, 0.3) is 0 Å². The second kappa shape index (κ2) is 9.92. The first-order chi connectivity index (χ1) is 16.0. The Balaban J connectivity index is 1.84. The number of pyridine rings is 1. The minimum absolute atomic E-state index is 0.279. The summed E-state index contributed by atoms with van der Waals surface area (Å²) >= 11 is 0. The molecule has 0 saturated carbocycles. The van der Waals surface area contributed by atoms with Crippen LogP contribution in [0.5, 0.6) is 0 Å². The van der Waals surface area contributed by atoms with Crippen molar-refractivity contribution in [1.29, 1.82) is 0 Å². The molecule has 0 saturated heterocycles. The van der Waals surface area contributed by atoms with Crippen LogP contribution >= 0.6 is 0 Å². The Bertz CT molecular complexity index is 1260. The summed E-state index contributed by atoms with van der Waals surface area (Å²) in [6.07, 6.45) is 3.76. The molecule has 0 aliphatic rings. The predicted molar refractivity (Wildman–Crippen MR) is 132 cm³/mol. The van der Waals surface area contributed by atoms with Gasteiger partial charge in [-0.3, -0.25) is 9.30 Å². The first-order valence-corrected chi connectivity index (χ1v) is 11.2. The molecule has 0 spiro atoms. The number of aromatic nitrogens is 4. The normalized spacial score (nSPS) is 11.3. The predicted octanol–water partition coefficient (Wildman–Crippen LogP) is 5.43. The Kier molecular flexibility index (Phi) is 6.79. The van der Waals surface area contributed by atoms with Crippen LogP contribution in [0.1, 0.15) is 26.3 Å². The molecule has 0 bridgehead atoms. The summed E-state index contributed by atoms with van der Waals surface area (Å²) in [6.45, 7) is 13.6. The third-order valence-corrected chi connectivity index (χ3v) is 5.56. The van der Waals surface area contributed by atoms with Gasteiger partial charge in [0.2, 0.25) is 5.95 Å². The van der Waals surface area contributed by atoms with Gasteiger partial charge in [-0.2, -0.15) is 0 Å². The molecule has 0 aliphatic carbocycles. The lowest BCUT2D eigenvalue weighted by Crippen LogP contribution is -2.22. The molecule has 6 nitrogen and oxygen atoms in total. The van der Waals surface area contributed by atoms with Crippen molar-refractivity contribution >= 4 is 11.6 Å². The molecule has 1 N–H and O–H groups in total. The summed E-state index contributed by atoms with van der Waals surface area (Å²) in [5.74, 6) is 0.243. The van der Waals surface area contributed by atoms with Crippen molar-refractivity contribution in [2.75, 3.05) is 25.0 Å². The zero-order valence-corrected chi connectivity index (χ0v) is 19.3. The van der Waals surface area contributed by atoms with Gasteiger partial charge in [-0.1, -0.05) is 26.0 Å². The second-order valence-electron chi connectivity index (χ2n) is 8.12. The highest BCUT2D eigenvalue weighted by atomic mass is 19.1. The maximum atomic E-state index is 13.6. The zero-order valence-electron chi connectivity index (χ0n) is 19.3. The zero-order chi connectivity index (χ0) is 23.4. The SMILES string of the molecule is C=C(C)CNc1nccc(-c2c(-c3ccc(F)cc3)nc3cc(CN(CC)CC)ccn23)n1. The topological polar surface area (TPSA) is 58.4 Å². The van der Waals surface area contributed by atoms with E-state index in [9.17, 15) is 4.39 Å². The van der Waals surface area contributed by atoms with Crippen LogP contribution in [-0.4, -0.2) is 43.9 Å².